The van der Waals surface area contributed by atoms with Gasteiger partial charge in [-0.05, 0) is 19.1 Å². The van der Waals surface area contributed by atoms with Crippen LogP contribution in [0.5, 0.6) is 0 Å². The number of benzene rings is 1. The van der Waals surface area contributed by atoms with Crippen molar-refractivity contribution in [2.45, 2.75) is 37.6 Å². The van der Waals surface area contributed by atoms with E-state index in [1.54, 1.807) is 19.1 Å². The number of hydrogen-bond acceptors (Lipinski definition) is 14. The Labute approximate surface area is 247 Å². The maximum absolute atomic E-state index is 13.1. The minimum Gasteiger partial charge on any atom is -0.459 e. The first kappa shape index (κ1) is 34.1. The lowest BCUT2D eigenvalue weighted by molar-refractivity contribution is -0.283. The van der Waals surface area contributed by atoms with E-state index in [4.69, 9.17) is 42.6 Å². The summed E-state index contributed by atoms with van der Waals surface area (Å²) in [6.07, 6.45) is -8.73. The lowest BCUT2D eigenvalue weighted by atomic mass is 9.98. The Hall–Kier alpha value is -5.11. The van der Waals surface area contributed by atoms with E-state index in [0.29, 0.717) is 0 Å². The van der Waals surface area contributed by atoms with E-state index in [1.165, 1.54) is 36.4 Å². The van der Waals surface area contributed by atoms with Crippen LogP contribution in [-0.2, 0) is 47.4 Å². The van der Waals surface area contributed by atoms with Gasteiger partial charge in [-0.25, -0.2) is 24.0 Å². The van der Waals surface area contributed by atoms with Gasteiger partial charge >= 0.3 is 30.4 Å². The zero-order valence-corrected chi connectivity index (χ0v) is 23.4. The van der Waals surface area contributed by atoms with Crippen molar-refractivity contribution >= 4 is 30.4 Å². The smallest absolute Gasteiger partial charge is 0.459 e. The van der Waals surface area contributed by atoms with Crippen molar-refractivity contribution in [1.82, 2.24) is 0 Å². The molecule has 43 heavy (non-hydrogen) atoms. The maximum atomic E-state index is 13.1. The Morgan fingerprint density at radius 2 is 1.09 bits per heavy atom. The monoisotopic (exact) mass is 604 g/mol. The second-order valence-electron chi connectivity index (χ2n) is 8.41. The summed E-state index contributed by atoms with van der Waals surface area (Å²) < 4.78 is 46.7. The topological polar surface area (TPSA) is 168 Å². The van der Waals surface area contributed by atoms with Crippen molar-refractivity contribution in [2.75, 3.05) is 26.4 Å². The average Bonchev–Trinajstić information content (AvgIpc) is 2.99. The second kappa shape index (κ2) is 17.6. The molecule has 0 bridgehead atoms. The van der Waals surface area contributed by atoms with Gasteiger partial charge < -0.3 is 42.6 Å². The highest BCUT2D eigenvalue weighted by atomic mass is 16.8. The molecule has 0 N–H and O–H groups in total. The molecule has 0 amide bonds. The quantitative estimate of drug-likeness (QED) is 0.171. The molecule has 0 unspecified atom stereocenters. The van der Waals surface area contributed by atoms with Crippen molar-refractivity contribution in [1.29, 1.82) is 0 Å². The van der Waals surface area contributed by atoms with Gasteiger partial charge in [0.2, 0.25) is 12.4 Å². The van der Waals surface area contributed by atoms with E-state index in [-0.39, 0.29) is 32.0 Å². The molecule has 1 fully saturated rings. The summed E-state index contributed by atoms with van der Waals surface area (Å²) in [5.41, 5.74) is 0.902. The third kappa shape index (κ3) is 10.7. The van der Waals surface area contributed by atoms with Gasteiger partial charge in [0, 0.05) is 0 Å². The predicted molar refractivity (Wildman–Crippen MR) is 146 cm³/mol. The van der Waals surface area contributed by atoms with Crippen LogP contribution in [0.3, 0.4) is 0 Å². The fourth-order valence-electron chi connectivity index (χ4n) is 3.39. The lowest BCUT2D eigenvalue weighted by Gasteiger charge is -2.42. The standard InChI is InChI=1S/C29H32O14/c1-6-14-35-25(31)22-20(40-27(32)36-15-7-2)21(41-28(33)37-16-8-3)23(42-29(34)38-17-9-4)26(39-22)43-24(30)19-12-10-18(5)11-13-19/h6-13,20-23,26H,1-4,14-17H2,5H3/t20-,21-,22-,23+,26-/m0/s1. The normalized spacial score (nSPS) is 20.6. The van der Waals surface area contributed by atoms with Crippen LogP contribution in [-0.4, -0.2) is 87.5 Å². The molecule has 14 heteroatoms. The third-order valence-electron chi connectivity index (χ3n) is 5.24. The largest absolute Gasteiger partial charge is 0.509 e. The summed E-state index contributed by atoms with van der Waals surface area (Å²) in [6, 6.07) is 6.17. The van der Waals surface area contributed by atoms with E-state index in [1.807, 2.05) is 0 Å². The van der Waals surface area contributed by atoms with Crippen molar-refractivity contribution in [3.05, 3.63) is 86.0 Å². The molecule has 0 aliphatic carbocycles. The summed E-state index contributed by atoms with van der Waals surface area (Å²) >= 11 is 0. The zero-order valence-electron chi connectivity index (χ0n) is 23.4. The summed E-state index contributed by atoms with van der Waals surface area (Å²) in [6.45, 7) is 14.3. The highest BCUT2D eigenvalue weighted by Gasteiger charge is 2.57. The Morgan fingerprint density at radius 3 is 1.58 bits per heavy atom. The summed E-state index contributed by atoms with van der Waals surface area (Å²) in [4.78, 5) is 63.7. The first-order valence-electron chi connectivity index (χ1n) is 12.7. The lowest BCUT2D eigenvalue weighted by Crippen LogP contribution is -2.64. The fraction of sp³-hybridized carbons (Fsp3) is 0.345. The Kier molecular flexibility index (Phi) is 14.0. The SMILES string of the molecule is C=CCOC(=O)O[C@@H]1[C@@H](OC(=O)OCC=C)[C@H](OC(=O)c2ccc(C)cc2)O[C@H](C(=O)OCC=C)[C@H]1OC(=O)OCC=C. The van der Waals surface area contributed by atoms with E-state index >= 15 is 0 Å². The van der Waals surface area contributed by atoms with Crippen LogP contribution in [0.25, 0.3) is 0 Å². The number of hydrogen-bond donors (Lipinski definition) is 0. The number of carbonyl (C=O) groups is 5. The van der Waals surface area contributed by atoms with Crippen LogP contribution in [0.2, 0.25) is 0 Å². The number of ether oxygens (including phenoxy) is 9. The molecule has 2 rings (SSSR count). The van der Waals surface area contributed by atoms with E-state index in [0.717, 1.165) is 5.56 Å². The summed E-state index contributed by atoms with van der Waals surface area (Å²) in [5, 5.41) is 0. The van der Waals surface area contributed by atoms with Gasteiger partial charge in [0.25, 0.3) is 0 Å². The van der Waals surface area contributed by atoms with Gasteiger partial charge in [-0.2, -0.15) is 0 Å². The number of aryl methyl sites for hydroxylation is 1. The van der Waals surface area contributed by atoms with Crippen LogP contribution in [0.15, 0.2) is 74.9 Å². The molecule has 14 nitrogen and oxygen atoms in total. The van der Waals surface area contributed by atoms with Crippen molar-refractivity contribution in [3.8, 4) is 0 Å². The van der Waals surface area contributed by atoms with Gasteiger partial charge in [-0.1, -0.05) is 68.3 Å². The molecule has 1 aromatic carbocycles. The number of carbonyl (C=O) groups excluding carboxylic acids is 5. The summed E-state index contributed by atoms with van der Waals surface area (Å²) in [7, 11) is 0. The van der Waals surface area contributed by atoms with Gasteiger partial charge in [0.05, 0.1) is 5.56 Å². The Morgan fingerprint density at radius 1 is 0.651 bits per heavy atom. The zero-order chi connectivity index (χ0) is 31.8. The maximum Gasteiger partial charge on any atom is 0.509 e. The van der Waals surface area contributed by atoms with Gasteiger partial charge in [0.1, 0.15) is 26.4 Å². The highest BCUT2D eigenvalue weighted by molar-refractivity contribution is 5.89. The Bertz CT molecular complexity index is 1170. The molecule has 232 valence electrons. The highest BCUT2D eigenvalue weighted by Crippen LogP contribution is 2.31. The molecular weight excluding hydrogens is 572 g/mol. The van der Waals surface area contributed by atoms with E-state index in [2.05, 4.69) is 26.3 Å². The molecule has 1 aromatic rings. The molecule has 1 saturated heterocycles. The molecule has 0 saturated carbocycles. The molecule has 0 radical (unpaired) electrons. The first-order chi connectivity index (χ1) is 20.6. The predicted octanol–water partition coefficient (Wildman–Crippen LogP) is 3.73. The molecule has 0 aromatic heterocycles. The molecule has 5 atom stereocenters. The van der Waals surface area contributed by atoms with Crippen LogP contribution in [0, 0.1) is 6.92 Å². The molecule has 1 aliphatic rings. The molecule has 0 spiro atoms. The van der Waals surface area contributed by atoms with Crippen LogP contribution in [0.1, 0.15) is 15.9 Å². The van der Waals surface area contributed by atoms with Gasteiger partial charge in [-0.3, -0.25) is 0 Å². The second-order valence-corrected chi connectivity index (χ2v) is 8.41. The minimum absolute atomic E-state index is 0.0576. The number of rotatable bonds is 14. The molecular formula is C29H32O14. The van der Waals surface area contributed by atoms with Crippen LogP contribution < -0.4 is 0 Å². The first-order valence-corrected chi connectivity index (χ1v) is 12.7. The minimum atomic E-state index is -1.95. The van der Waals surface area contributed by atoms with Gasteiger partial charge in [0.15, 0.2) is 18.3 Å². The number of esters is 2. The average molecular weight is 605 g/mol. The van der Waals surface area contributed by atoms with Gasteiger partial charge in [-0.15, -0.1) is 0 Å². The molecule has 1 aliphatic heterocycles. The summed E-state index contributed by atoms with van der Waals surface area (Å²) in [5.74, 6) is -2.13. The van der Waals surface area contributed by atoms with E-state index < -0.39 is 61.1 Å². The third-order valence-corrected chi connectivity index (χ3v) is 5.24. The Balaban J connectivity index is 2.59. The van der Waals surface area contributed by atoms with Crippen LogP contribution in [0.4, 0.5) is 14.4 Å². The van der Waals surface area contributed by atoms with E-state index in [9.17, 15) is 24.0 Å². The van der Waals surface area contributed by atoms with Crippen molar-refractivity contribution in [2.24, 2.45) is 0 Å². The fourth-order valence-corrected chi connectivity index (χ4v) is 3.39. The van der Waals surface area contributed by atoms with Crippen LogP contribution >= 0.6 is 0 Å². The molecule has 1 heterocycles. The van der Waals surface area contributed by atoms with Crippen molar-refractivity contribution < 1.29 is 66.6 Å². The van der Waals surface area contributed by atoms with Crippen molar-refractivity contribution in [3.63, 3.8) is 0 Å².